The number of rotatable bonds is 4. The molecular formula is C11H12F2O3S. The molecule has 0 spiro atoms. The standard InChI is InChI=1S/C11H12F2O3S/c1-7(2)17(15,16)6-11(14)8-3-4-9(12)10(13)5-8/h3-5,7H,6H2,1-2H3. The highest BCUT2D eigenvalue weighted by Crippen LogP contribution is 2.11. The van der Waals surface area contributed by atoms with Crippen molar-refractivity contribution in [3.8, 4) is 0 Å². The number of halogens is 2. The normalized spacial score (nSPS) is 11.8. The van der Waals surface area contributed by atoms with Crippen LogP contribution in [0.3, 0.4) is 0 Å². The predicted molar refractivity (Wildman–Crippen MR) is 59.6 cm³/mol. The van der Waals surface area contributed by atoms with Gasteiger partial charge in [-0.1, -0.05) is 0 Å². The number of carbonyl (C=O) groups excluding carboxylic acids is 1. The molecule has 0 aliphatic heterocycles. The van der Waals surface area contributed by atoms with Gasteiger partial charge in [-0.25, -0.2) is 17.2 Å². The van der Waals surface area contributed by atoms with Crippen LogP contribution in [0, 0.1) is 11.6 Å². The Morgan fingerprint density at radius 2 is 1.82 bits per heavy atom. The van der Waals surface area contributed by atoms with Gasteiger partial charge >= 0.3 is 0 Å². The van der Waals surface area contributed by atoms with Crippen molar-refractivity contribution in [2.75, 3.05) is 5.75 Å². The van der Waals surface area contributed by atoms with Crippen molar-refractivity contribution < 1.29 is 22.0 Å². The highest BCUT2D eigenvalue weighted by Gasteiger charge is 2.22. The van der Waals surface area contributed by atoms with E-state index in [-0.39, 0.29) is 5.56 Å². The molecule has 0 unspecified atom stereocenters. The van der Waals surface area contributed by atoms with Crippen LogP contribution in [-0.4, -0.2) is 25.2 Å². The molecule has 0 aliphatic rings. The molecule has 1 aromatic rings. The first-order valence-corrected chi connectivity index (χ1v) is 6.65. The topological polar surface area (TPSA) is 51.2 Å². The summed E-state index contributed by atoms with van der Waals surface area (Å²) in [5.41, 5.74) is -0.145. The monoisotopic (exact) mass is 262 g/mol. The van der Waals surface area contributed by atoms with Gasteiger partial charge in [0.15, 0.2) is 27.3 Å². The Hall–Kier alpha value is -1.30. The number of ketones is 1. The van der Waals surface area contributed by atoms with E-state index in [1.165, 1.54) is 13.8 Å². The SMILES string of the molecule is CC(C)S(=O)(=O)CC(=O)c1ccc(F)c(F)c1. The first-order valence-electron chi connectivity index (χ1n) is 4.94. The Kier molecular flexibility index (Phi) is 3.98. The summed E-state index contributed by atoms with van der Waals surface area (Å²) in [5, 5.41) is -0.684. The zero-order chi connectivity index (χ0) is 13.2. The largest absolute Gasteiger partial charge is 0.293 e. The van der Waals surface area contributed by atoms with Crippen LogP contribution < -0.4 is 0 Å². The molecule has 0 saturated heterocycles. The maximum absolute atomic E-state index is 12.9. The fourth-order valence-electron chi connectivity index (χ4n) is 1.10. The lowest BCUT2D eigenvalue weighted by molar-refractivity contribution is 0.102. The van der Waals surface area contributed by atoms with Crippen LogP contribution in [0.5, 0.6) is 0 Å². The van der Waals surface area contributed by atoms with Gasteiger partial charge in [0.25, 0.3) is 0 Å². The molecular weight excluding hydrogens is 250 g/mol. The fraction of sp³-hybridized carbons (Fsp3) is 0.364. The number of hydrogen-bond acceptors (Lipinski definition) is 3. The van der Waals surface area contributed by atoms with Crippen molar-refractivity contribution in [2.24, 2.45) is 0 Å². The molecule has 0 atom stereocenters. The molecule has 0 bridgehead atoms. The second-order valence-corrected chi connectivity index (χ2v) is 6.47. The van der Waals surface area contributed by atoms with Gasteiger partial charge in [0.2, 0.25) is 0 Å². The molecule has 0 amide bonds. The molecule has 1 aromatic carbocycles. The van der Waals surface area contributed by atoms with Crippen LogP contribution in [0.15, 0.2) is 18.2 Å². The summed E-state index contributed by atoms with van der Waals surface area (Å²) in [6.07, 6.45) is 0. The molecule has 6 heteroatoms. The molecule has 17 heavy (non-hydrogen) atoms. The van der Waals surface area contributed by atoms with E-state index in [9.17, 15) is 22.0 Å². The average Bonchev–Trinajstić information content (AvgIpc) is 2.21. The van der Waals surface area contributed by atoms with E-state index in [0.717, 1.165) is 12.1 Å². The molecule has 0 N–H and O–H groups in total. The van der Waals surface area contributed by atoms with Crippen molar-refractivity contribution in [1.82, 2.24) is 0 Å². The minimum atomic E-state index is -3.53. The van der Waals surface area contributed by atoms with Gasteiger partial charge in [0, 0.05) is 5.56 Å². The third-order valence-corrected chi connectivity index (χ3v) is 4.39. The van der Waals surface area contributed by atoms with Gasteiger partial charge in [0.1, 0.15) is 5.75 Å². The van der Waals surface area contributed by atoms with Gasteiger partial charge in [-0.3, -0.25) is 4.79 Å². The van der Waals surface area contributed by atoms with Crippen molar-refractivity contribution in [3.05, 3.63) is 35.4 Å². The molecule has 0 aromatic heterocycles. The van der Waals surface area contributed by atoms with Crippen molar-refractivity contribution >= 4 is 15.6 Å². The van der Waals surface area contributed by atoms with E-state index in [4.69, 9.17) is 0 Å². The van der Waals surface area contributed by atoms with Crippen molar-refractivity contribution in [2.45, 2.75) is 19.1 Å². The third kappa shape index (κ3) is 3.33. The summed E-state index contributed by atoms with van der Waals surface area (Å²) in [6, 6.07) is 2.56. The lowest BCUT2D eigenvalue weighted by Crippen LogP contribution is -2.23. The summed E-state index contributed by atoms with van der Waals surface area (Å²) in [4.78, 5) is 11.6. The van der Waals surface area contributed by atoms with Gasteiger partial charge in [-0.05, 0) is 32.0 Å². The Bertz CT molecular complexity index is 536. The maximum Gasteiger partial charge on any atom is 0.177 e. The Balaban J connectivity index is 2.95. The smallest absolute Gasteiger partial charge is 0.177 e. The molecule has 0 radical (unpaired) electrons. The number of sulfone groups is 1. The van der Waals surface area contributed by atoms with E-state index in [1.54, 1.807) is 0 Å². The zero-order valence-electron chi connectivity index (χ0n) is 9.41. The van der Waals surface area contributed by atoms with E-state index in [2.05, 4.69) is 0 Å². The fourth-order valence-corrected chi connectivity index (χ4v) is 1.97. The summed E-state index contributed by atoms with van der Waals surface area (Å²) < 4.78 is 48.4. The second kappa shape index (κ2) is 4.91. The van der Waals surface area contributed by atoms with Crippen molar-refractivity contribution in [1.29, 1.82) is 0 Å². The van der Waals surface area contributed by atoms with Gasteiger partial charge in [0.05, 0.1) is 5.25 Å². The van der Waals surface area contributed by atoms with Gasteiger partial charge < -0.3 is 0 Å². The van der Waals surface area contributed by atoms with Crippen LogP contribution in [0.1, 0.15) is 24.2 Å². The minimum Gasteiger partial charge on any atom is -0.293 e. The lowest BCUT2D eigenvalue weighted by Gasteiger charge is -2.06. The molecule has 94 valence electrons. The number of Topliss-reactive ketones (excluding diaryl/α,β-unsaturated/α-hetero) is 1. The van der Waals surface area contributed by atoms with Crippen LogP contribution in [0.25, 0.3) is 0 Å². The molecule has 0 aliphatic carbocycles. The molecule has 0 saturated carbocycles. The molecule has 1 rings (SSSR count). The highest BCUT2D eigenvalue weighted by atomic mass is 32.2. The summed E-state index contributed by atoms with van der Waals surface area (Å²) in [5.74, 6) is -3.68. The summed E-state index contributed by atoms with van der Waals surface area (Å²) in [7, 11) is -3.53. The number of hydrogen-bond donors (Lipinski definition) is 0. The quantitative estimate of drug-likeness (QED) is 0.779. The van der Waals surface area contributed by atoms with Crippen LogP contribution in [0.4, 0.5) is 8.78 Å². The Labute approximate surface area is 98.4 Å². The Morgan fingerprint density at radius 3 is 2.29 bits per heavy atom. The van der Waals surface area contributed by atoms with Crippen LogP contribution >= 0.6 is 0 Å². The molecule has 0 heterocycles. The zero-order valence-corrected chi connectivity index (χ0v) is 10.2. The predicted octanol–water partition coefficient (Wildman–Crippen LogP) is 1.97. The van der Waals surface area contributed by atoms with Crippen molar-refractivity contribution in [3.63, 3.8) is 0 Å². The van der Waals surface area contributed by atoms with E-state index < -0.39 is 38.3 Å². The van der Waals surface area contributed by atoms with E-state index in [1.807, 2.05) is 0 Å². The first-order chi connectivity index (χ1) is 7.74. The van der Waals surface area contributed by atoms with Crippen LogP contribution in [0.2, 0.25) is 0 Å². The molecule has 0 fully saturated rings. The average molecular weight is 262 g/mol. The maximum atomic E-state index is 12.9. The van der Waals surface area contributed by atoms with E-state index in [0.29, 0.717) is 6.07 Å². The second-order valence-electron chi connectivity index (χ2n) is 3.91. The molecule has 3 nitrogen and oxygen atoms in total. The third-order valence-electron chi connectivity index (χ3n) is 2.29. The van der Waals surface area contributed by atoms with Gasteiger partial charge in [-0.2, -0.15) is 0 Å². The van der Waals surface area contributed by atoms with Gasteiger partial charge in [-0.15, -0.1) is 0 Å². The minimum absolute atomic E-state index is 0.145. The number of carbonyl (C=O) groups is 1. The van der Waals surface area contributed by atoms with E-state index >= 15 is 0 Å². The lowest BCUT2D eigenvalue weighted by atomic mass is 10.1. The number of benzene rings is 1. The highest BCUT2D eigenvalue weighted by molar-refractivity contribution is 7.92. The first kappa shape index (κ1) is 13.8. The summed E-state index contributed by atoms with van der Waals surface area (Å²) >= 11 is 0. The van der Waals surface area contributed by atoms with Crippen LogP contribution in [-0.2, 0) is 9.84 Å². The summed E-state index contributed by atoms with van der Waals surface area (Å²) in [6.45, 7) is 2.90. The Morgan fingerprint density at radius 1 is 1.24 bits per heavy atom.